The van der Waals surface area contributed by atoms with E-state index in [0.29, 0.717) is 29.6 Å². The van der Waals surface area contributed by atoms with Gasteiger partial charge in [0, 0.05) is 18.5 Å². The van der Waals surface area contributed by atoms with Gasteiger partial charge in [0.05, 0.1) is 5.39 Å². The van der Waals surface area contributed by atoms with Gasteiger partial charge in [-0.05, 0) is 18.9 Å². The summed E-state index contributed by atoms with van der Waals surface area (Å²) in [4.78, 5) is 25.2. The van der Waals surface area contributed by atoms with Crippen LogP contribution in [0, 0.1) is 0 Å². The van der Waals surface area contributed by atoms with Gasteiger partial charge in [-0.15, -0.1) is 0 Å². The average Bonchev–Trinajstić information content (AvgIpc) is 2.63. The summed E-state index contributed by atoms with van der Waals surface area (Å²) in [6.45, 7) is 5.47. The van der Waals surface area contributed by atoms with Gasteiger partial charge in [0.15, 0.2) is 5.69 Å². The summed E-state index contributed by atoms with van der Waals surface area (Å²) >= 11 is 0. The maximum Gasteiger partial charge on any atom is 0.274 e. The Morgan fingerprint density at radius 2 is 1.68 bits per heavy atom. The van der Waals surface area contributed by atoms with Crippen LogP contribution in [-0.2, 0) is 6.54 Å². The molecule has 0 unspecified atom stereocenters. The number of hydrogen-bond donors (Lipinski definition) is 1. The molecule has 0 fully saturated rings. The van der Waals surface area contributed by atoms with Gasteiger partial charge in [-0.1, -0.05) is 64.2 Å². The molecular weight excluding hydrogens is 314 g/mol. The largest absolute Gasteiger partial charge is 0.351 e. The molecule has 5 nitrogen and oxygen atoms in total. The molecule has 2 rings (SSSR count). The summed E-state index contributed by atoms with van der Waals surface area (Å²) in [6, 6.07) is 7.23. The molecule has 2 aromatic rings. The minimum Gasteiger partial charge on any atom is -0.351 e. The van der Waals surface area contributed by atoms with E-state index in [2.05, 4.69) is 24.3 Å². The molecular formula is C20H29N3O2. The van der Waals surface area contributed by atoms with E-state index in [-0.39, 0.29) is 11.5 Å². The normalized spacial score (nSPS) is 11.0. The Balaban J connectivity index is 2.23. The SMILES string of the molecule is CCCCCCNC(=O)c1nn(CCCCC)c(=O)c2ccccc12. The van der Waals surface area contributed by atoms with E-state index in [9.17, 15) is 9.59 Å². The topological polar surface area (TPSA) is 64.0 Å². The first kappa shape index (κ1) is 19.2. The zero-order valence-corrected chi connectivity index (χ0v) is 15.4. The molecule has 0 aliphatic rings. The van der Waals surface area contributed by atoms with E-state index >= 15 is 0 Å². The van der Waals surface area contributed by atoms with Crippen LogP contribution in [0.2, 0.25) is 0 Å². The van der Waals surface area contributed by atoms with Gasteiger partial charge >= 0.3 is 0 Å². The second-order valence-corrected chi connectivity index (χ2v) is 6.45. The van der Waals surface area contributed by atoms with E-state index in [0.717, 1.165) is 32.1 Å². The van der Waals surface area contributed by atoms with Gasteiger partial charge in [0.2, 0.25) is 0 Å². The van der Waals surface area contributed by atoms with Crippen LogP contribution in [0.15, 0.2) is 29.1 Å². The molecule has 1 aromatic heterocycles. The van der Waals surface area contributed by atoms with Gasteiger partial charge in [0.25, 0.3) is 11.5 Å². The van der Waals surface area contributed by atoms with Crippen LogP contribution in [0.4, 0.5) is 0 Å². The number of aromatic nitrogens is 2. The van der Waals surface area contributed by atoms with Crippen molar-refractivity contribution in [2.45, 2.75) is 65.3 Å². The quantitative estimate of drug-likeness (QED) is 0.666. The fourth-order valence-electron chi connectivity index (χ4n) is 2.90. The molecule has 1 N–H and O–H groups in total. The summed E-state index contributed by atoms with van der Waals surface area (Å²) in [6.07, 6.45) is 7.44. The Hall–Kier alpha value is -2.17. The van der Waals surface area contributed by atoms with E-state index in [1.165, 1.54) is 17.5 Å². The highest BCUT2D eigenvalue weighted by Crippen LogP contribution is 2.13. The Bertz CT molecular complexity index is 752. The van der Waals surface area contributed by atoms with Crippen molar-refractivity contribution in [2.24, 2.45) is 0 Å². The van der Waals surface area contributed by atoms with Crippen LogP contribution in [0.1, 0.15) is 69.3 Å². The second kappa shape index (κ2) is 9.97. The summed E-state index contributed by atoms with van der Waals surface area (Å²) < 4.78 is 1.45. The number of nitrogens with one attached hydrogen (secondary N) is 1. The van der Waals surface area contributed by atoms with Gasteiger partial charge in [-0.25, -0.2) is 4.68 Å². The van der Waals surface area contributed by atoms with Crippen molar-refractivity contribution in [1.82, 2.24) is 15.1 Å². The van der Waals surface area contributed by atoms with E-state index < -0.39 is 0 Å². The van der Waals surface area contributed by atoms with Crippen LogP contribution in [0.3, 0.4) is 0 Å². The monoisotopic (exact) mass is 343 g/mol. The Kier molecular flexibility index (Phi) is 7.64. The average molecular weight is 343 g/mol. The molecule has 0 saturated carbocycles. The molecule has 0 spiro atoms. The maximum atomic E-state index is 12.6. The minimum atomic E-state index is -0.197. The first-order valence-corrected chi connectivity index (χ1v) is 9.47. The number of amides is 1. The predicted molar refractivity (Wildman–Crippen MR) is 102 cm³/mol. The standard InChI is InChI=1S/C20H29N3O2/c1-3-5-7-10-14-21-19(24)18-16-12-8-9-13-17(16)20(25)23(22-18)15-11-6-4-2/h8-9,12-13H,3-7,10-11,14-15H2,1-2H3,(H,21,24). The number of carbonyl (C=O) groups excluding carboxylic acids is 1. The smallest absolute Gasteiger partial charge is 0.274 e. The lowest BCUT2D eigenvalue weighted by atomic mass is 10.1. The Labute approximate surface area is 149 Å². The van der Waals surface area contributed by atoms with E-state index in [4.69, 9.17) is 0 Å². The summed E-state index contributed by atoms with van der Waals surface area (Å²) in [7, 11) is 0. The van der Waals surface area contributed by atoms with Crippen LogP contribution in [0.25, 0.3) is 10.8 Å². The molecule has 136 valence electrons. The van der Waals surface area contributed by atoms with Crippen LogP contribution >= 0.6 is 0 Å². The number of fused-ring (bicyclic) bond motifs is 1. The molecule has 1 aromatic carbocycles. The zero-order valence-electron chi connectivity index (χ0n) is 15.4. The highest BCUT2D eigenvalue weighted by atomic mass is 16.2. The summed E-state index contributed by atoms with van der Waals surface area (Å²) in [5, 5.41) is 8.52. The molecule has 0 saturated heterocycles. The van der Waals surface area contributed by atoms with Crippen LogP contribution in [0.5, 0.6) is 0 Å². The fraction of sp³-hybridized carbons (Fsp3) is 0.550. The minimum absolute atomic E-state index is 0.119. The van der Waals surface area contributed by atoms with Crippen molar-refractivity contribution in [3.8, 4) is 0 Å². The lowest BCUT2D eigenvalue weighted by molar-refractivity contribution is 0.0947. The molecule has 0 radical (unpaired) electrons. The summed E-state index contributed by atoms with van der Waals surface area (Å²) in [5.74, 6) is -0.197. The van der Waals surface area contributed by atoms with Crippen LogP contribution in [-0.4, -0.2) is 22.2 Å². The van der Waals surface area contributed by atoms with E-state index in [1.807, 2.05) is 12.1 Å². The molecule has 25 heavy (non-hydrogen) atoms. The fourth-order valence-corrected chi connectivity index (χ4v) is 2.90. The molecule has 1 amide bonds. The molecule has 0 aliphatic heterocycles. The lowest BCUT2D eigenvalue weighted by Crippen LogP contribution is -2.31. The zero-order chi connectivity index (χ0) is 18.1. The molecule has 0 aliphatic carbocycles. The lowest BCUT2D eigenvalue weighted by Gasteiger charge is -2.11. The number of benzene rings is 1. The summed E-state index contributed by atoms with van der Waals surface area (Å²) in [5.41, 5.74) is 0.230. The number of carbonyl (C=O) groups is 1. The van der Waals surface area contributed by atoms with Gasteiger partial charge in [0.1, 0.15) is 0 Å². The van der Waals surface area contributed by atoms with Crippen molar-refractivity contribution in [2.75, 3.05) is 6.54 Å². The number of unbranched alkanes of at least 4 members (excludes halogenated alkanes) is 5. The van der Waals surface area contributed by atoms with Crippen LogP contribution < -0.4 is 10.9 Å². The van der Waals surface area contributed by atoms with Crippen molar-refractivity contribution >= 4 is 16.7 Å². The third-order valence-electron chi connectivity index (χ3n) is 4.37. The number of aryl methyl sites for hydroxylation is 1. The highest BCUT2D eigenvalue weighted by molar-refractivity contribution is 6.04. The first-order chi connectivity index (χ1) is 12.2. The van der Waals surface area contributed by atoms with Gasteiger partial charge in [-0.2, -0.15) is 5.10 Å². The second-order valence-electron chi connectivity index (χ2n) is 6.45. The molecule has 0 bridgehead atoms. The Morgan fingerprint density at radius 3 is 2.40 bits per heavy atom. The third kappa shape index (κ3) is 5.15. The van der Waals surface area contributed by atoms with Crippen molar-refractivity contribution in [3.05, 3.63) is 40.3 Å². The van der Waals surface area contributed by atoms with Crippen molar-refractivity contribution in [1.29, 1.82) is 0 Å². The molecule has 5 heteroatoms. The first-order valence-electron chi connectivity index (χ1n) is 9.47. The van der Waals surface area contributed by atoms with Crippen molar-refractivity contribution < 1.29 is 4.79 Å². The molecule has 0 atom stereocenters. The molecule has 1 heterocycles. The highest BCUT2D eigenvalue weighted by Gasteiger charge is 2.16. The van der Waals surface area contributed by atoms with Gasteiger partial charge < -0.3 is 5.32 Å². The third-order valence-corrected chi connectivity index (χ3v) is 4.37. The number of nitrogens with zero attached hydrogens (tertiary/aromatic N) is 2. The maximum absolute atomic E-state index is 12.6. The Morgan fingerprint density at radius 1 is 1.00 bits per heavy atom. The van der Waals surface area contributed by atoms with E-state index in [1.54, 1.807) is 12.1 Å². The van der Waals surface area contributed by atoms with Gasteiger partial charge in [-0.3, -0.25) is 9.59 Å². The number of rotatable bonds is 10. The van der Waals surface area contributed by atoms with Crippen molar-refractivity contribution in [3.63, 3.8) is 0 Å². The number of hydrogen-bond acceptors (Lipinski definition) is 3. The predicted octanol–water partition coefficient (Wildman–Crippen LogP) is 3.90.